The van der Waals surface area contributed by atoms with Gasteiger partial charge in [0, 0.05) is 17.1 Å². The monoisotopic (exact) mass is 427 g/mol. The molecule has 3 aromatic rings. The number of carbonyl (C=O) groups excluding carboxylic acids is 1. The summed E-state index contributed by atoms with van der Waals surface area (Å²) in [5, 5.41) is 7.43. The van der Waals surface area contributed by atoms with Crippen LogP contribution < -0.4 is 10.1 Å². The Morgan fingerprint density at radius 1 is 1.11 bits per heavy atom. The number of halogens is 1. The number of aryl methyl sites for hydroxylation is 3. The van der Waals surface area contributed by atoms with Gasteiger partial charge in [0.1, 0.15) is 11.6 Å². The van der Waals surface area contributed by atoms with Crippen LogP contribution >= 0.6 is 15.9 Å². The molecule has 1 aromatic heterocycles. The standard InChI is InChI=1S/C21H22BrN3O2/c1-13-5-11-18(12-6-13)27-15(3)21(26)23-20-19(14(2)24-25(20)4)16-7-9-17(22)10-8-16/h5-12,15H,1-4H3,(H,23,26). The van der Waals surface area contributed by atoms with Gasteiger partial charge in [0.2, 0.25) is 0 Å². The predicted molar refractivity (Wildman–Crippen MR) is 111 cm³/mol. The van der Waals surface area contributed by atoms with Crippen molar-refractivity contribution in [3.63, 3.8) is 0 Å². The SMILES string of the molecule is Cc1ccc(OC(C)C(=O)Nc2c(-c3ccc(Br)cc3)c(C)nn2C)cc1. The number of carbonyl (C=O) groups is 1. The van der Waals surface area contributed by atoms with Crippen LogP contribution in [0.2, 0.25) is 0 Å². The van der Waals surface area contributed by atoms with Crippen molar-refractivity contribution < 1.29 is 9.53 Å². The molecule has 1 heterocycles. The molecule has 0 aliphatic rings. The molecule has 1 atom stereocenters. The van der Waals surface area contributed by atoms with Crippen LogP contribution in [0.3, 0.4) is 0 Å². The lowest BCUT2D eigenvalue weighted by molar-refractivity contribution is -0.122. The third kappa shape index (κ3) is 4.39. The molecule has 0 bridgehead atoms. The fraction of sp³-hybridized carbons (Fsp3) is 0.238. The van der Waals surface area contributed by atoms with E-state index in [0.717, 1.165) is 26.9 Å². The largest absolute Gasteiger partial charge is 0.481 e. The maximum absolute atomic E-state index is 12.7. The number of aromatic nitrogens is 2. The van der Waals surface area contributed by atoms with Crippen molar-refractivity contribution in [1.82, 2.24) is 9.78 Å². The molecule has 1 unspecified atom stereocenters. The Balaban J connectivity index is 1.81. The maximum atomic E-state index is 12.7. The molecular weight excluding hydrogens is 406 g/mol. The van der Waals surface area contributed by atoms with E-state index < -0.39 is 6.10 Å². The minimum atomic E-state index is -0.638. The molecule has 0 saturated carbocycles. The summed E-state index contributed by atoms with van der Waals surface area (Å²) in [6.07, 6.45) is -0.638. The first kappa shape index (κ1) is 19.2. The number of ether oxygens (including phenoxy) is 1. The highest BCUT2D eigenvalue weighted by Crippen LogP contribution is 2.32. The van der Waals surface area contributed by atoms with Gasteiger partial charge in [-0.1, -0.05) is 45.8 Å². The molecule has 0 aliphatic carbocycles. The van der Waals surface area contributed by atoms with E-state index in [1.54, 1.807) is 11.6 Å². The summed E-state index contributed by atoms with van der Waals surface area (Å²) in [6, 6.07) is 15.6. The van der Waals surface area contributed by atoms with Gasteiger partial charge in [-0.15, -0.1) is 0 Å². The maximum Gasteiger partial charge on any atom is 0.266 e. The molecule has 27 heavy (non-hydrogen) atoms. The highest BCUT2D eigenvalue weighted by Gasteiger charge is 2.21. The quantitative estimate of drug-likeness (QED) is 0.631. The number of hydrogen-bond donors (Lipinski definition) is 1. The summed E-state index contributed by atoms with van der Waals surface area (Å²) in [5.41, 5.74) is 3.89. The predicted octanol–water partition coefficient (Wildman–Crippen LogP) is 4.87. The number of amides is 1. The molecule has 0 radical (unpaired) electrons. The van der Waals surface area contributed by atoms with Gasteiger partial charge in [-0.3, -0.25) is 9.48 Å². The first-order chi connectivity index (χ1) is 12.8. The molecular formula is C21H22BrN3O2. The van der Waals surface area contributed by atoms with Gasteiger partial charge in [0.25, 0.3) is 5.91 Å². The number of nitrogens with zero attached hydrogens (tertiary/aromatic N) is 2. The Hall–Kier alpha value is -2.60. The molecule has 3 rings (SSSR count). The summed E-state index contributed by atoms with van der Waals surface area (Å²) in [6.45, 7) is 5.67. The van der Waals surface area contributed by atoms with E-state index in [1.807, 2.05) is 69.4 Å². The van der Waals surface area contributed by atoms with E-state index in [2.05, 4.69) is 26.3 Å². The number of hydrogen-bond acceptors (Lipinski definition) is 3. The van der Waals surface area contributed by atoms with Crippen molar-refractivity contribution in [3.8, 4) is 16.9 Å². The third-order valence-corrected chi connectivity index (χ3v) is 4.83. The Labute approximate surface area is 167 Å². The molecule has 1 amide bonds. The highest BCUT2D eigenvalue weighted by atomic mass is 79.9. The van der Waals surface area contributed by atoms with E-state index in [9.17, 15) is 4.79 Å². The molecule has 0 spiro atoms. The van der Waals surface area contributed by atoms with Gasteiger partial charge in [0.15, 0.2) is 6.10 Å². The van der Waals surface area contributed by atoms with Crippen LogP contribution in [0, 0.1) is 13.8 Å². The average Bonchev–Trinajstić information content (AvgIpc) is 2.91. The second kappa shape index (κ2) is 7.96. The summed E-state index contributed by atoms with van der Waals surface area (Å²) in [7, 11) is 1.82. The minimum absolute atomic E-state index is 0.225. The lowest BCUT2D eigenvalue weighted by atomic mass is 10.1. The Morgan fingerprint density at radius 3 is 2.37 bits per heavy atom. The minimum Gasteiger partial charge on any atom is -0.481 e. The fourth-order valence-corrected chi connectivity index (χ4v) is 3.12. The topological polar surface area (TPSA) is 56.1 Å². The first-order valence-corrected chi connectivity index (χ1v) is 9.48. The summed E-state index contributed by atoms with van der Waals surface area (Å²) in [4.78, 5) is 12.7. The van der Waals surface area contributed by atoms with E-state index in [-0.39, 0.29) is 5.91 Å². The zero-order valence-electron chi connectivity index (χ0n) is 15.8. The lowest BCUT2D eigenvalue weighted by Gasteiger charge is -2.16. The number of anilines is 1. The number of nitrogens with one attached hydrogen (secondary N) is 1. The second-order valence-corrected chi connectivity index (χ2v) is 7.42. The van der Waals surface area contributed by atoms with Gasteiger partial charge in [-0.25, -0.2) is 0 Å². The van der Waals surface area contributed by atoms with Crippen LogP contribution in [0.15, 0.2) is 53.0 Å². The van der Waals surface area contributed by atoms with Crippen molar-refractivity contribution in [2.75, 3.05) is 5.32 Å². The van der Waals surface area contributed by atoms with Gasteiger partial charge < -0.3 is 10.1 Å². The highest BCUT2D eigenvalue weighted by molar-refractivity contribution is 9.10. The first-order valence-electron chi connectivity index (χ1n) is 8.69. The molecule has 1 N–H and O–H groups in total. The van der Waals surface area contributed by atoms with E-state index >= 15 is 0 Å². The van der Waals surface area contributed by atoms with Gasteiger partial charge in [-0.2, -0.15) is 5.10 Å². The van der Waals surface area contributed by atoms with Crippen LogP contribution in [-0.2, 0) is 11.8 Å². The van der Waals surface area contributed by atoms with E-state index in [4.69, 9.17) is 4.74 Å². The van der Waals surface area contributed by atoms with Crippen molar-refractivity contribution in [1.29, 1.82) is 0 Å². The average molecular weight is 428 g/mol. The van der Waals surface area contributed by atoms with Gasteiger partial charge >= 0.3 is 0 Å². The smallest absolute Gasteiger partial charge is 0.266 e. The van der Waals surface area contributed by atoms with E-state index in [1.165, 1.54) is 0 Å². The molecule has 2 aromatic carbocycles. The van der Waals surface area contributed by atoms with Crippen molar-refractivity contribution in [3.05, 3.63) is 64.3 Å². The van der Waals surface area contributed by atoms with Crippen LogP contribution in [0.5, 0.6) is 5.75 Å². The summed E-state index contributed by atoms with van der Waals surface area (Å²) < 4.78 is 8.45. The third-order valence-electron chi connectivity index (χ3n) is 4.30. The lowest BCUT2D eigenvalue weighted by Crippen LogP contribution is -2.31. The van der Waals surface area contributed by atoms with Crippen molar-refractivity contribution in [2.24, 2.45) is 7.05 Å². The number of rotatable bonds is 5. The molecule has 5 nitrogen and oxygen atoms in total. The summed E-state index contributed by atoms with van der Waals surface area (Å²) >= 11 is 3.45. The fourth-order valence-electron chi connectivity index (χ4n) is 2.86. The molecule has 6 heteroatoms. The van der Waals surface area contributed by atoms with Crippen LogP contribution in [0.4, 0.5) is 5.82 Å². The van der Waals surface area contributed by atoms with Crippen LogP contribution in [0.25, 0.3) is 11.1 Å². The van der Waals surface area contributed by atoms with Crippen molar-refractivity contribution in [2.45, 2.75) is 26.9 Å². The van der Waals surface area contributed by atoms with Crippen LogP contribution in [0.1, 0.15) is 18.2 Å². The molecule has 140 valence electrons. The zero-order chi connectivity index (χ0) is 19.6. The Morgan fingerprint density at radius 2 is 1.74 bits per heavy atom. The molecule has 0 saturated heterocycles. The van der Waals surface area contributed by atoms with E-state index in [0.29, 0.717) is 11.6 Å². The zero-order valence-corrected chi connectivity index (χ0v) is 17.4. The molecule has 0 fully saturated rings. The van der Waals surface area contributed by atoms with Crippen molar-refractivity contribution >= 4 is 27.7 Å². The second-order valence-electron chi connectivity index (χ2n) is 6.50. The number of benzene rings is 2. The molecule has 0 aliphatic heterocycles. The Bertz CT molecular complexity index is 947. The van der Waals surface area contributed by atoms with Gasteiger partial charge in [0.05, 0.1) is 5.69 Å². The van der Waals surface area contributed by atoms with Gasteiger partial charge in [-0.05, 0) is 50.6 Å². The summed E-state index contributed by atoms with van der Waals surface area (Å²) in [5.74, 6) is 1.09. The van der Waals surface area contributed by atoms with Crippen LogP contribution in [-0.4, -0.2) is 21.8 Å². The normalized spacial score (nSPS) is 11.9. The Kier molecular flexibility index (Phi) is 5.65.